The van der Waals surface area contributed by atoms with Gasteiger partial charge in [-0.2, -0.15) is 0 Å². The maximum atomic E-state index is 13.2. The predicted octanol–water partition coefficient (Wildman–Crippen LogP) is 3.36. The fourth-order valence-corrected chi connectivity index (χ4v) is 7.68. The van der Waals surface area contributed by atoms with Crippen LogP contribution in [0.25, 0.3) is 0 Å². The van der Waals surface area contributed by atoms with Crippen LogP contribution in [0.1, 0.15) is 88.6 Å². The van der Waals surface area contributed by atoms with Gasteiger partial charge in [0.25, 0.3) is 0 Å². The summed E-state index contributed by atoms with van der Waals surface area (Å²) in [5.74, 6) is -0.200. The summed E-state index contributed by atoms with van der Waals surface area (Å²) >= 11 is 1.46. The molecule has 4 rings (SSSR count). The standard InChI is InChI=1S/C24H37N3O4S/c1-14(29)25-22-27-21-16(11-20(31)26-15-7-5-4-6-8-15)23(2)10-9-19(30)24(3,13-28)18(23)12-17(21)32-22/h15-16,18-19,28,30H,4-13H2,1-3H3,(H,26,31)(H,25,27,29). The molecule has 1 aromatic heterocycles. The van der Waals surface area contributed by atoms with Gasteiger partial charge in [0.15, 0.2) is 5.13 Å². The van der Waals surface area contributed by atoms with Gasteiger partial charge in [-0.3, -0.25) is 9.59 Å². The van der Waals surface area contributed by atoms with Gasteiger partial charge >= 0.3 is 0 Å². The van der Waals surface area contributed by atoms with Gasteiger partial charge in [-0.15, -0.1) is 11.3 Å². The highest BCUT2D eigenvalue weighted by Crippen LogP contribution is 2.62. The number of aliphatic hydroxyl groups is 2. The first-order valence-corrected chi connectivity index (χ1v) is 12.8. The lowest BCUT2D eigenvalue weighted by Crippen LogP contribution is -2.57. The SMILES string of the molecule is CC(=O)Nc1nc2c(s1)CC1C(C)(CO)C(O)CCC1(C)C2CC(=O)NC1CCCCC1. The molecule has 0 spiro atoms. The van der Waals surface area contributed by atoms with Gasteiger partial charge in [-0.05, 0) is 43.4 Å². The van der Waals surface area contributed by atoms with Crippen molar-refractivity contribution in [1.82, 2.24) is 10.3 Å². The van der Waals surface area contributed by atoms with Gasteiger partial charge < -0.3 is 20.8 Å². The van der Waals surface area contributed by atoms with Crippen LogP contribution in [0.2, 0.25) is 0 Å². The van der Waals surface area contributed by atoms with E-state index in [9.17, 15) is 19.8 Å². The third-order valence-electron chi connectivity index (χ3n) is 8.54. The Labute approximate surface area is 194 Å². The normalized spacial score (nSPS) is 35.0. The number of anilines is 1. The molecular weight excluding hydrogens is 426 g/mol. The Morgan fingerprint density at radius 2 is 1.91 bits per heavy atom. The summed E-state index contributed by atoms with van der Waals surface area (Å²) < 4.78 is 0. The van der Waals surface area contributed by atoms with Crippen LogP contribution < -0.4 is 10.6 Å². The minimum absolute atomic E-state index is 0.0226. The zero-order chi connectivity index (χ0) is 23.1. The summed E-state index contributed by atoms with van der Waals surface area (Å²) in [6.45, 7) is 5.55. The van der Waals surface area contributed by atoms with E-state index in [0.29, 0.717) is 24.4 Å². The van der Waals surface area contributed by atoms with Gasteiger partial charge in [0, 0.05) is 35.6 Å². The fraction of sp³-hybridized carbons (Fsp3) is 0.792. The number of thiazole rings is 1. The number of hydrogen-bond acceptors (Lipinski definition) is 6. The molecular formula is C24H37N3O4S. The molecule has 0 saturated heterocycles. The van der Waals surface area contributed by atoms with Crippen molar-refractivity contribution in [2.75, 3.05) is 11.9 Å². The second kappa shape index (κ2) is 9.03. The predicted molar refractivity (Wildman–Crippen MR) is 125 cm³/mol. The van der Waals surface area contributed by atoms with Crippen molar-refractivity contribution in [3.05, 3.63) is 10.6 Å². The van der Waals surface area contributed by atoms with E-state index in [1.165, 1.54) is 24.7 Å². The minimum atomic E-state index is -0.638. The second-order valence-corrected chi connectivity index (χ2v) is 11.7. The molecule has 8 heteroatoms. The first kappa shape index (κ1) is 23.6. The lowest BCUT2D eigenvalue weighted by Gasteiger charge is -2.58. The molecule has 4 N–H and O–H groups in total. The smallest absolute Gasteiger partial charge is 0.223 e. The molecule has 0 radical (unpaired) electrons. The highest BCUT2D eigenvalue weighted by molar-refractivity contribution is 7.15. The van der Waals surface area contributed by atoms with E-state index in [1.807, 2.05) is 6.92 Å². The second-order valence-electron chi connectivity index (χ2n) is 10.6. The van der Waals surface area contributed by atoms with Crippen molar-refractivity contribution in [2.24, 2.45) is 16.7 Å². The molecule has 2 saturated carbocycles. The van der Waals surface area contributed by atoms with Crippen molar-refractivity contribution in [1.29, 1.82) is 0 Å². The molecule has 0 bridgehead atoms. The summed E-state index contributed by atoms with van der Waals surface area (Å²) in [5, 5.41) is 27.8. The van der Waals surface area contributed by atoms with Crippen molar-refractivity contribution < 1.29 is 19.8 Å². The Hall–Kier alpha value is -1.51. The topological polar surface area (TPSA) is 112 Å². The third kappa shape index (κ3) is 4.21. The molecule has 3 aliphatic rings. The Kier molecular flexibility index (Phi) is 6.67. The van der Waals surface area contributed by atoms with E-state index in [-0.39, 0.29) is 41.7 Å². The summed E-state index contributed by atoms with van der Waals surface area (Å²) in [6.07, 6.45) is 7.49. The van der Waals surface area contributed by atoms with Crippen LogP contribution in [0.15, 0.2) is 0 Å². The zero-order valence-corrected chi connectivity index (χ0v) is 20.3. The van der Waals surface area contributed by atoms with Crippen molar-refractivity contribution >= 4 is 28.3 Å². The summed E-state index contributed by atoms with van der Waals surface area (Å²) in [4.78, 5) is 30.7. The van der Waals surface area contributed by atoms with Crippen LogP contribution in [0.5, 0.6) is 0 Å². The number of hydrogen-bond donors (Lipinski definition) is 4. The maximum absolute atomic E-state index is 13.2. The molecule has 7 nitrogen and oxygen atoms in total. The van der Waals surface area contributed by atoms with E-state index in [1.54, 1.807) is 0 Å². The fourth-order valence-electron chi connectivity index (χ4n) is 6.57. The van der Waals surface area contributed by atoms with Crippen LogP contribution in [0.3, 0.4) is 0 Å². The van der Waals surface area contributed by atoms with Crippen LogP contribution in [0.4, 0.5) is 5.13 Å². The van der Waals surface area contributed by atoms with E-state index < -0.39 is 11.5 Å². The molecule has 2 fully saturated rings. The molecule has 2 amide bonds. The van der Waals surface area contributed by atoms with Crippen LogP contribution >= 0.6 is 11.3 Å². The maximum Gasteiger partial charge on any atom is 0.223 e. The van der Waals surface area contributed by atoms with Crippen LogP contribution in [-0.4, -0.2) is 45.8 Å². The van der Waals surface area contributed by atoms with Gasteiger partial charge in [0.05, 0.1) is 18.4 Å². The third-order valence-corrected chi connectivity index (χ3v) is 9.55. The Morgan fingerprint density at radius 1 is 1.19 bits per heavy atom. The Bertz CT molecular complexity index is 867. The molecule has 32 heavy (non-hydrogen) atoms. The van der Waals surface area contributed by atoms with Gasteiger partial charge in [0.2, 0.25) is 11.8 Å². The Morgan fingerprint density at radius 3 is 2.56 bits per heavy atom. The number of nitrogens with zero attached hydrogens (tertiary/aromatic N) is 1. The number of carbonyl (C=O) groups is 2. The zero-order valence-electron chi connectivity index (χ0n) is 19.4. The molecule has 178 valence electrons. The average Bonchev–Trinajstić information content (AvgIpc) is 3.14. The van der Waals surface area contributed by atoms with Crippen LogP contribution in [-0.2, 0) is 16.0 Å². The first-order valence-electron chi connectivity index (χ1n) is 12.0. The van der Waals surface area contributed by atoms with Crippen molar-refractivity contribution in [3.63, 3.8) is 0 Å². The number of fused-ring (bicyclic) bond motifs is 2. The highest BCUT2D eigenvalue weighted by atomic mass is 32.1. The first-order chi connectivity index (χ1) is 15.2. The summed E-state index contributed by atoms with van der Waals surface area (Å²) in [7, 11) is 0. The van der Waals surface area contributed by atoms with Crippen LogP contribution in [0, 0.1) is 16.7 Å². The largest absolute Gasteiger partial charge is 0.396 e. The molecule has 1 heterocycles. The van der Waals surface area contributed by atoms with Crippen molar-refractivity contribution in [3.8, 4) is 0 Å². The number of carbonyl (C=O) groups excluding carboxylic acids is 2. The average molecular weight is 464 g/mol. The van der Waals surface area contributed by atoms with Gasteiger partial charge in [-0.25, -0.2) is 4.98 Å². The van der Waals surface area contributed by atoms with Gasteiger partial charge in [0.1, 0.15) is 0 Å². The molecule has 0 aliphatic heterocycles. The molecule has 0 aromatic carbocycles. The minimum Gasteiger partial charge on any atom is -0.396 e. The highest BCUT2D eigenvalue weighted by Gasteiger charge is 2.59. The number of aliphatic hydroxyl groups excluding tert-OH is 2. The number of amides is 2. The quantitative estimate of drug-likeness (QED) is 0.535. The van der Waals surface area contributed by atoms with E-state index in [2.05, 4.69) is 17.6 Å². The lowest BCUT2D eigenvalue weighted by atomic mass is 9.47. The lowest BCUT2D eigenvalue weighted by molar-refractivity contribution is -0.144. The van der Waals surface area contributed by atoms with E-state index in [4.69, 9.17) is 4.98 Å². The van der Waals surface area contributed by atoms with E-state index >= 15 is 0 Å². The molecule has 5 atom stereocenters. The van der Waals surface area contributed by atoms with Crippen molar-refractivity contribution in [2.45, 2.75) is 96.6 Å². The molecule has 3 aliphatic carbocycles. The number of nitrogens with one attached hydrogen (secondary N) is 2. The van der Waals surface area contributed by atoms with Gasteiger partial charge in [-0.1, -0.05) is 33.1 Å². The Balaban J connectivity index is 1.67. The monoisotopic (exact) mass is 463 g/mol. The number of aromatic nitrogens is 1. The molecule has 5 unspecified atom stereocenters. The number of rotatable bonds is 5. The summed E-state index contributed by atoms with van der Waals surface area (Å²) in [5.41, 5.74) is 0.00354. The van der Waals surface area contributed by atoms with E-state index in [0.717, 1.165) is 42.7 Å². The summed E-state index contributed by atoms with van der Waals surface area (Å²) in [6, 6.07) is 0.254. The molecule has 1 aromatic rings.